The number of nitrogens with two attached hydrogens (primary N) is 1. The Bertz CT molecular complexity index is 1480. The van der Waals surface area contributed by atoms with Gasteiger partial charge in [-0.2, -0.15) is 0 Å². The van der Waals surface area contributed by atoms with E-state index >= 15 is 0 Å². The number of ether oxygens (including phenoxy) is 2. The number of benzene rings is 2. The Morgan fingerprint density at radius 3 is 2.64 bits per heavy atom. The summed E-state index contributed by atoms with van der Waals surface area (Å²) < 4.78 is 13.3. The number of rotatable bonds is 11. The van der Waals surface area contributed by atoms with Gasteiger partial charge in [-0.15, -0.1) is 0 Å². The molecule has 0 spiro atoms. The monoisotopic (exact) mass is 568 g/mol. The number of nitrogens with zero attached hydrogens (tertiary/aromatic N) is 4. The summed E-state index contributed by atoms with van der Waals surface area (Å²) in [5, 5.41) is 3.08. The largest absolute Gasteiger partial charge is 0.491 e. The van der Waals surface area contributed by atoms with Gasteiger partial charge in [0, 0.05) is 42.9 Å². The zero-order valence-electron chi connectivity index (χ0n) is 24.6. The molecule has 4 aromatic rings. The summed E-state index contributed by atoms with van der Waals surface area (Å²) in [6, 6.07) is 17.8. The van der Waals surface area contributed by atoms with Crippen molar-refractivity contribution in [3.8, 4) is 22.6 Å². The smallest absolute Gasteiger partial charge is 0.274 e. The second-order valence-electron chi connectivity index (χ2n) is 11.1. The first-order chi connectivity index (χ1) is 20.3. The highest BCUT2D eigenvalue weighted by Gasteiger charge is 2.18. The second-order valence-corrected chi connectivity index (χ2v) is 11.1. The van der Waals surface area contributed by atoms with Gasteiger partial charge in [0.1, 0.15) is 18.1 Å². The van der Waals surface area contributed by atoms with E-state index in [0.717, 1.165) is 66.3 Å². The lowest BCUT2D eigenvalue weighted by Crippen LogP contribution is -2.42. The minimum Gasteiger partial charge on any atom is -0.491 e. The number of piperidine rings is 1. The molecule has 2 aromatic carbocycles. The predicted molar refractivity (Wildman–Crippen MR) is 165 cm³/mol. The number of carbonyl (C=O) groups is 1. The van der Waals surface area contributed by atoms with Gasteiger partial charge in [0.05, 0.1) is 24.7 Å². The summed E-state index contributed by atoms with van der Waals surface area (Å²) in [5.41, 5.74) is 12.1. The summed E-state index contributed by atoms with van der Waals surface area (Å²) in [5.74, 6) is 0.500. The van der Waals surface area contributed by atoms with Crippen LogP contribution in [-0.4, -0.2) is 63.8 Å². The molecule has 0 bridgehead atoms. The van der Waals surface area contributed by atoms with Gasteiger partial charge in [0.2, 0.25) is 0 Å². The van der Waals surface area contributed by atoms with Crippen LogP contribution < -0.4 is 15.8 Å². The van der Waals surface area contributed by atoms with E-state index in [4.69, 9.17) is 15.2 Å². The van der Waals surface area contributed by atoms with Crippen molar-refractivity contribution in [2.24, 2.45) is 5.73 Å². The Balaban J connectivity index is 1.30. The molecule has 3 N–H and O–H groups in total. The molecule has 1 fully saturated rings. The van der Waals surface area contributed by atoms with E-state index in [1.165, 1.54) is 0 Å². The van der Waals surface area contributed by atoms with E-state index in [0.29, 0.717) is 24.6 Å². The summed E-state index contributed by atoms with van der Waals surface area (Å²) in [4.78, 5) is 24.5. The van der Waals surface area contributed by atoms with Crippen LogP contribution in [0.5, 0.6) is 5.75 Å². The third kappa shape index (κ3) is 8.03. The SMILES string of the molecule is Cc1cn(-c2cc(CN3CCC[C@H](N)C3)cc(NC(=O)c3cc(-c4ccc(OCCOC(C)C)cc4)ccn3)c2)cn1. The lowest BCUT2D eigenvalue weighted by atomic mass is 10.0. The van der Waals surface area contributed by atoms with E-state index in [-0.39, 0.29) is 18.1 Å². The molecule has 3 heterocycles. The minimum absolute atomic E-state index is 0.181. The molecule has 0 aliphatic carbocycles. The molecule has 0 radical (unpaired) electrons. The van der Waals surface area contributed by atoms with Crippen molar-refractivity contribution in [1.29, 1.82) is 0 Å². The maximum Gasteiger partial charge on any atom is 0.274 e. The molecule has 1 saturated heterocycles. The molecule has 2 aromatic heterocycles. The lowest BCUT2D eigenvalue weighted by molar-refractivity contribution is 0.0553. The highest BCUT2D eigenvalue weighted by molar-refractivity contribution is 6.03. The number of anilines is 1. The molecule has 1 amide bonds. The highest BCUT2D eigenvalue weighted by Crippen LogP contribution is 2.25. The van der Waals surface area contributed by atoms with Crippen LogP contribution in [0.3, 0.4) is 0 Å². The zero-order chi connectivity index (χ0) is 29.5. The molecule has 9 nitrogen and oxygen atoms in total. The van der Waals surface area contributed by atoms with E-state index in [9.17, 15) is 4.79 Å². The van der Waals surface area contributed by atoms with Gasteiger partial charge in [0.15, 0.2) is 0 Å². The van der Waals surface area contributed by atoms with Gasteiger partial charge in [-0.05, 0) is 99.3 Å². The van der Waals surface area contributed by atoms with Crippen molar-refractivity contribution < 1.29 is 14.3 Å². The van der Waals surface area contributed by atoms with Crippen molar-refractivity contribution >= 4 is 11.6 Å². The third-order valence-electron chi connectivity index (χ3n) is 7.18. The van der Waals surface area contributed by atoms with E-state index in [1.54, 1.807) is 18.6 Å². The van der Waals surface area contributed by atoms with Crippen LogP contribution in [-0.2, 0) is 11.3 Å². The van der Waals surface area contributed by atoms with Crippen LogP contribution in [0.15, 0.2) is 73.3 Å². The number of hydrogen-bond donors (Lipinski definition) is 2. The maximum atomic E-state index is 13.4. The standard InChI is InChI=1S/C33H40N6O3/c1-23(2)41-13-14-42-31-8-6-26(7-9-31)27-10-11-35-32(17-27)33(40)37-29-15-25(20-38-12-4-5-28(34)21-38)16-30(18-29)39-19-24(3)36-22-39/h6-11,15-19,22-23,28H,4-5,12-14,20-21,34H2,1-3H3,(H,37,40)/t28-/m0/s1. The van der Waals surface area contributed by atoms with Crippen molar-refractivity contribution in [3.63, 3.8) is 0 Å². The van der Waals surface area contributed by atoms with Crippen LogP contribution >= 0.6 is 0 Å². The fraction of sp³-hybridized carbons (Fsp3) is 0.364. The van der Waals surface area contributed by atoms with Gasteiger partial charge < -0.3 is 25.1 Å². The zero-order valence-corrected chi connectivity index (χ0v) is 24.6. The summed E-state index contributed by atoms with van der Waals surface area (Å²) in [7, 11) is 0. The topological polar surface area (TPSA) is 108 Å². The number of pyridine rings is 1. The number of aryl methyl sites for hydroxylation is 1. The number of aromatic nitrogens is 3. The molecule has 1 atom stereocenters. The van der Waals surface area contributed by atoms with Gasteiger partial charge in [0.25, 0.3) is 5.91 Å². The molecule has 1 aliphatic rings. The Kier molecular flexibility index (Phi) is 9.63. The van der Waals surface area contributed by atoms with Crippen LogP contribution in [0, 0.1) is 6.92 Å². The van der Waals surface area contributed by atoms with Gasteiger partial charge in [-0.1, -0.05) is 12.1 Å². The number of carbonyl (C=O) groups excluding carboxylic acids is 1. The molecule has 5 rings (SSSR count). The number of hydrogen-bond acceptors (Lipinski definition) is 7. The number of nitrogens with one attached hydrogen (secondary N) is 1. The number of imidazole rings is 1. The maximum absolute atomic E-state index is 13.4. The Morgan fingerprint density at radius 2 is 1.90 bits per heavy atom. The van der Waals surface area contributed by atoms with Gasteiger partial charge >= 0.3 is 0 Å². The molecule has 9 heteroatoms. The first-order valence-corrected chi connectivity index (χ1v) is 14.6. The number of likely N-dealkylation sites (tertiary alicyclic amines) is 1. The summed E-state index contributed by atoms with van der Waals surface area (Å²) in [6.45, 7) is 9.64. The first kappa shape index (κ1) is 29.4. The molecule has 0 unspecified atom stereocenters. The second kappa shape index (κ2) is 13.7. The molecule has 220 valence electrons. The average molecular weight is 569 g/mol. The molecular formula is C33H40N6O3. The van der Waals surface area contributed by atoms with Crippen molar-refractivity contribution in [3.05, 3.63) is 90.3 Å². The molecule has 1 aliphatic heterocycles. The normalized spacial score (nSPS) is 15.6. The summed E-state index contributed by atoms with van der Waals surface area (Å²) >= 11 is 0. The quantitative estimate of drug-likeness (QED) is 0.239. The predicted octanol–water partition coefficient (Wildman–Crippen LogP) is 5.22. The van der Waals surface area contributed by atoms with Gasteiger partial charge in [-0.25, -0.2) is 4.98 Å². The van der Waals surface area contributed by atoms with Crippen molar-refractivity contribution in [1.82, 2.24) is 19.4 Å². The van der Waals surface area contributed by atoms with Crippen LogP contribution in [0.2, 0.25) is 0 Å². The van der Waals surface area contributed by atoms with Crippen molar-refractivity contribution in [2.75, 3.05) is 31.6 Å². The van der Waals surface area contributed by atoms with Crippen LogP contribution in [0.1, 0.15) is 48.4 Å². The van der Waals surface area contributed by atoms with E-state index in [1.807, 2.05) is 74.0 Å². The minimum atomic E-state index is -0.271. The summed E-state index contributed by atoms with van der Waals surface area (Å²) in [6.07, 6.45) is 7.76. The fourth-order valence-corrected chi connectivity index (χ4v) is 5.16. The van der Waals surface area contributed by atoms with Crippen LogP contribution in [0.25, 0.3) is 16.8 Å². The van der Waals surface area contributed by atoms with E-state index < -0.39 is 0 Å². The molecular weight excluding hydrogens is 528 g/mol. The Hall–Kier alpha value is -4.05. The fourth-order valence-electron chi connectivity index (χ4n) is 5.16. The van der Waals surface area contributed by atoms with Crippen molar-refractivity contribution in [2.45, 2.75) is 52.3 Å². The number of amides is 1. The van der Waals surface area contributed by atoms with Crippen LogP contribution in [0.4, 0.5) is 5.69 Å². The molecule has 42 heavy (non-hydrogen) atoms. The Labute approximate surface area is 247 Å². The third-order valence-corrected chi connectivity index (χ3v) is 7.18. The lowest BCUT2D eigenvalue weighted by Gasteiger charge is -2.30. The average Bonchev–Trinajstić information content (AvgIpc) is 3.42. The Morgan fingerprint density at radius 1 is 1.07 bits per heavy atom. The van der Waals surface area contributed by atoms with E-state index in [2.05, 4.69) is 26.3 Å². The molecule has 0 saturated carbocycles. The highest BCUT2D eigenvalue weighted by atomic mass is 16.5. The van der Waals surface area contributed by atoms with Gasteiger partial charge in [-0.3, -0.25) is 14.7 Å². The first-order valence-electron chi connectivity index (χ1n) is 14.6.